The third kappa shape index (κ3) is 2.79. The van der Waals surface area contributed by atoms with E-state index in [9.17, 15) is 0 Å². The fraction of sp³-hybridized carbons (Fsp3) is 0.0588. The van der Waals surface area contributed by atoms with Gasteiger partial charge in [0, 0.05) is 29.5 Å². The fourth-order valence-corrected chi connectivity index (χ4v) is 2.64. The molecular weight excluding hydrogens is 324 g/mol. The van der Waals surface area contributed by atoms with Crippen molar-refractivity contribution in [3.05, 3.63) is 71.6 Å². The summed E-state index contributed by atoms with van der Waals surface area (Å²) in [6.07, 6.45) is 5.17. The quantitative estimate of drug-likeness (QED) is 0.618. The van der Waals surface area contributed by atoms with Gasteiger partial charge < -0.3 is 5.32 Å². The van der Waals surface area contributed by atoms with Gasteiger partial charge in [-0.2, -0.15) is 14.8 Å². The molecule has 7 heteroatoms. The Morgan fingerprint density at radius 1 is 1.00 bits per heavy atom. The van der Waals surface area contributed by atoms with Crippen LogP contribution in [0, 0.1) is 0 Å². The van der Waals surface area contributed by atoms with Gasteiger partial charge in [-0.1, -0.05) is 29.8 Å². The number of aromatic nitrogens is 5. The van der Waals surface area contributed by atoms with Gasteiger partial charge in [0.2, 0.25) is 5.95 Å². The smallest absolute Gasteiger partial charge is 0.223 e. The zero-order chi connectivity index (χ0) is 16.4. The number of nitrogens with zero attached hydrogens (tertiary/aromatic N) is 5. The Balaban J connectivity index is 1.61. The lowest BCUT2D eigenvalue weighted by Gasteiger charge is -2.07. The molecule has 1 aromatic carbocycles. The minimum atomic E-state index is 0.538. The summed E-state index contributed by atoms with van der Waals surface area (Å²) in [6, 6.07) is 13.4. The lowest BCUT2D eigenvalue weighted by molar-refractivity contribution is 0.800. The van der Waals surface area contributed by atoms with E-state index in [4.69, 9.17) is 11.6 Å². The van der Waals surface area contributed by atoms with Gasteiger partial charge in [-0.3, -0.25) is 0 Å². The normalized spacial score (nSPS) is 10.9. The number of nitrogens with one attached hydrogen (secondary N) is 1. The van der Waals surface area contributed by atoms with Crippen molar-refractivity contribution >= 4 is 23.1 Å². The van der Waals surface area contributed by atoms with Gasteiger partial charge in [0.15, 0.2) is 0 Å². The number of benzene rings is 1. The highest BCUT2D eigenvalue weighted by Gasteiger charge is 2.09. The predicted octanol–water partition coefficient (Wildman–Crippen LogP) is 3.45. The minimum Gasteiger partial charge on any atom is -0.350 e. The second kappa shape index (κ2) is 6.25. The van der Waals surface area contributed by atoms with Crippen LogP contribution >= 0.6 is 11.6 Å². The molecule has 0 atom stereocenters. The van der Waals surface area contributed by atoms with Gasteiger partial charge in [-0.25, -0.2) is 9.97 Å². The van der Waals surface area contributed by atoms with Gasteiger partial charge in [0.25, 0.3) is 0 Å². The molecule has 0 unspecified atom stereocenters. The maximum atomic E-state index is 6.17. The van der Waals surface area contributed by atoms with Crippen molar-refractivity contribution < 1.29 is 0 Å². The molecule has 0 amide bonds. The highest BCUT2D eigenvalue weighted by Crippen LogP contribution is 2.22. The molecule has 6 nitrogen and oxygen atoms in total. The summed E-state index contributed by atoms with van der Waals surface area (Å²) in [7, 11) is 0. The largest absolute Gasteiger partial charge is 0.350 e. The number of hydrogen-bond acceptors (Lipinski definition) is 5. The Morgan fingerprint density at radius 3 is 2.83 bits per heavy atom. The van der Waals surface area contributed by atoms with E-state index >= 15 is 0 Å². The third-order valence-corrected chi connectivity index (χ3v) is 4.00. The molecule has 0 bridgehead atoms. The van der Waals surface area contributed by atoms with Crippen molar-refractivity contribution in [1.82, 2.24) is 24.8 Å². The number of halogens is 1. The van der Waals surface area contributed by atoms with E-state index in [0.29, 0.717) is 12.5 Å². The van der Waals surface area contributed by atoms with Gasteiger partial charge in [0.05, 0.1) is 17.4 Å². The summed E-state index contributed by atoms with van der Waals surface area (Å²) < 4.78 is 1.58. The zero-order valence-corrected chi connectivity index (χ0v) is 13.4. The number of fused-ring (bicyclic) bond motifs is 1. The molecule has 4 rings (SSSR count). The van der Waals surface area contributed by atoms with E-state index < -0.39 is 0 Å². The molecule has 118 valence electrons. The molecule has 0 aliphatic carbocycles. The first-order chi connectivity index (χ1) is 11.8. The van der Waals surface area contributed by atoms with Gasteiger partial charge in [0.1, 0.15) is 0 Å². The summed E-state index contributed by atoms with van der Waals surface area (Å²) in [4.78, 5) is 8.83. The van der Waals surface area contributed by atoms with Gasteiger partial charge in [-0.15, -0.1) is 0 Å². The number of rotatable bonds is 4. The molecule has 3 aromatic heterocycles. The van der Waals surface area contributed by atoms with Crippen LogP contribution in [0.25, 0.3) is 16.8 Å². The summed E-state index contributed by atoms with van der Waals surface area (Å²) in [5.41, 5.74) is 3.59. The number of anilines is 1. The molecule has 0 aliphatic rings. The SMILES string of the molecule is Clc1ccccc1CNc1nccc(-c2cnn3ncccc23)n1. The molecule has 4 aromatic rings. The number of hydrogen-bond donors (Lipinski definition) is 1. The average Bonchev–Trinajstić information content (AvgIpc) is 3.05. The summed E-state index contributed by atoms with van der Waals surface area (Å²) in [6.45, 7) is 0.555. The van der Waals surface area contributed by atoms with Crippen molar-refractivity contribution in [2.75, 3.05) is 5.32 Å². The van der Waals surface area contributed by atoms with E-state index in [-0.39, 0.29) is 0 Å². The predicted molar refractivity (Wildman–Crippen MR) is 92.8 cm³/mol. The van der Waals surface area contributed by atoms with E-state index in [1.54, 1.807) is 23.2 Å². The monoisotopic (exact) mass is 336 g/mol. The van der Waals surface area contributed by atoms with E-state index in [1.165, 1.54) is 0 Å². The van der Waals surface area contributed by atoms with Crippen molar-refractivity contribution in [3.8, 4) is 11.3 Å². The van der Waals surface area contributed by atoms with Gasteiger partial charge in [-0.05, 0) is 29.8 Å². The van der Waals surface area contributed by atoms with Crippen LogP contribution in [0.5, 0.6) is 0 Å². The second-order valence-electron chi connectivity index (χ2n) is 5.17. The van der Waals surface area contributed by atoms with Crippen LogP contribution in [0.2, 0.25) is 5.02 Å². The van der Waals surface area contributed by atoms with Crippen LogP contribution in [0.1, 0.15) is 5.56 Å². The maximum Gasteiger partial charge on any atom is 0.223 e. The fourth-order valence-electron chi connectivity index (χ4n) is 2.44. The van der Waals surface area contributed by atoms with Crippen LogP contribution in [0.4, 0.5) is 5.95 Å². The molecule has 24 heavy (non-hydrogen) atoms. The molecule has 3 heterocycles. The van der Waals surface area contributed by atoms with E-state index in [0.717, 1.165) is 27.4 Å². The van der Waals surface area contributed by atoms with Crippen LogP contribution in [0.3, 0.4) is 0 Å². The lowest BCUT2D eigenvalue weighted by Crippen LogP contribution is -2.04. The minimum absolute atomic E-state index is 0.538. The van der Waals surface area contributed by atoms with Crippen molar-refractivity contribution in [3.63, 3.8) is 0 Å². The molecule has 0 aliphatic heterocycles. The highest BCUT2D eigenvalue weighted by molar-refractivity contribution is 6.31. The lowest BCUT2D eigenvalue weighted by atomic mass is 10.2. The first-order valence-electron chi connectivity index (χ1n) is 7.41. The van der Waals surface area contributed by atoms with Crippen LogP contribution in [-0.4, -0.2) is 24.8 Å². The molecule has 0 radical (unpaired) electrons. The average molecular weight is 337 g/mol. The van der Waals surface area contributed by atoms with Gasteiger partial charge >= 0.3 is 0 Å². The third-order valence-electron chi connectivity index (χ3n) is 3.63. The van der Waals surface area contributed by atoms with E-state index in [2.05, 4.69) is 25.5 Å². The first kappa shape index (κ1) is 14.6. The van der Waals surface area contributed by atoms with Crippen LogP contribution in [-0.2, 0) is 6.54 Å². The standard InChI is InChI=1S/C17H13ClN6/c18-14-5-2-1-4-12(14)10-20-17-19-9-7-15(23-17)13-11-22-24-16(13)6-3-8-21-24/h1-9,11H,10H2,(H,19,20,23). The van der Waals surface area contributed by atoms with Crippen molar-refractivity contribution in [1.29, 1.82) is 0 Å². The highest BCUT2D eigenvalue weighted by atomic mass is 35.5. The Kier molecular flexibility index (Phi) is 3.80. The molecule has 0 fully saturated rings. The van der Waals surface area contributed by atoms with Crippen LogP contribution in [0.15, 0.2) is 61.1 Å². The molecule has 0 spiro atoms. The second-order valence-corrected chi connectivity index (χ2v) is 5.57. The molecule has 0 saturated heterocycles. The summed E-state index contributed by atoms with van der Waals surface area (Å²) >= 11 is 6.17. The Bertz CT molecular complexity index is 997. The van der Waals surface area contributed by atoms with Crippen molar-refractivity contribution in [2.45, 2.75) is 6.54 Å². The molecule has 0 saturated carbocycles. The summed E-state index contributed by atoms with van der Waals surface area (Å²) in [5, 5.41) is 12.3. The topological polar surface area (TPSA) is 68.0 Å². The zero-order valence-electron chi connectivity index (χ0n) is 12.6. The Labute approximate surface area is 143 Å². The van der Waals surface area contributed by atoms with Crippen molar-refractivity contribution in [2.24, 2.45) is 0 Å². The maximum absolute atomic E-state index is 6.17. The molecule has 1 N–H and O–H groups in total. The van der Waals surface area contributed by atoms with E-state index in [1.807, 2.05) is 42.5 Å². The van der Waals surface area contributed by atoms with Crippen LogP contribution < -0.4 is 5.32 Å². The Hall–Kier alpha value is -2.99. The summed E-state index contributed by atoms with van der Waals surface area (Å²) in [5.74, 6) is 0.538. The Morgan fingerprint density at radius 2 is 1.92 bits per heavy atom. The first-order valence-corrected chi connectivity index (χ1v) is 7.79. The molecular formula is C17H13ClN6.